The molecule has 192 valence electrons. The second-order valence-electron chi connectivity index (χ2n) is 8.64. The van der Waals surface area contributed by atoms with E-state index in [0.717, 1.165) is 17.2 Å². The van der Waals surface area contributed by atoms with Gasteiger partial charge in [-0.05, 0) is 18.1 Å². The van der Waals surface area contributed by atoms with Gasteiger partial charge in [0.25, 0.3) is 11.8 Å². The molecule has 14 heteroatoms. The van der Waals surface area contributed by atoms with E-state index < -0.39 is 54.3 Å². The summed E-state index contributed by atoms with van der Waals surface area (Å²) in [5.74, 6) is -5.37. The van der Waals surface area contributed by atoms with Gasteiger partial charge in [-0.1, -0.05) is 6.92 Å². The first-order valence-corrected chi connectivity index (χ1v) is 10.8. The Hall–Kier alpha value is -3.71. The van der Waals surface area contributed by atoms with Crippen LogP contribution < -0.4 is 5.32 Å². The van der Waals surface area contributed by atoms with E-state index in [1.54, 1.807) is 6.92 Å². The third kappa shape index (κ3) is 5.41. The van der Waals surface area contributed by atoms with Crippen LogP contribution in [-0.4, -0.2) is 60.6 Å². The standard InChI is InChI=1S/C22H21F6N7O/c1-12-5-21(24,25)11-35(17(12)9-32-20-30-6-13(7-31-20)22(26,27)28)19(36)18-15(10-34(2)33-18)16-4-3-14(23)8-29-16/h3-4,6-8,10,12,17H,5,9,11H2,1-2H3,(H,30,31,32)/t12-,17-/m1/s1. The lowest BCUT2D eigenvalue weighted by Gasteiger charge is -2.43. The Bertz CT molecular complexity index is 1230. The lowest BCUT2D eigenvalue weighted by atomic mass is 9.88. The van der Waals surface area contributed by atoms with Gasteiger partial charge >= 0.3 is 6.18 Å². The molecule has 0 unspecified atom stereocenters. The number of nitrogens with zero attached hydrogens (tertiary/aromatic N) is 6. The average molecular weight is 513 g/mol. The molecule has 1 amide bonds. The molecule has 4 heterocycles. The number of anilines is 1. The number of nitrogens with one attached hydrogen (secondary N) is 1. The van der Waals surface area contributed by atoms with E-state index in [9.17, 15) is 31.1 Å². The van der Waals surface area contributed by atoms with Crippen LogP contribution in [0.1, 0.15) is 29.4 Å². The van der Waals surface area contributed by atoms with Gasteiger partial charge in [-0.25, -0.2) is 23.1 Å². The van der Waals surface area contributed by atoms with Crippen LogP contribution in [0.5, 0.6) is 0 Å². The number of amides is 1. The molecule has 0 saturated carbocycles. The minimum Gasteiger partial charge on any atom is -0.352 e. The second kappa shape index (κ2) is 9.39. The zero-order valence-corrected chi connectivity index (χ0v) is 19.1. The van der Waals surface area contributed by atoms with Crippen molar-refractivity contribution in [3.05, 3.63) is 54.0 Å². The minimum absolute atomic E-state index is 0.0919. The SMILES string of the molecule is C[C@@H]1CC(F)(F)CN(C(=O)c2nn(C)cc2-c2ccc(F)cn2)[C@@H]1CNc1ncc(C(F)(F)F)cn1. The molecule has 0 aromatic carbocycles. The quantitative estimate of drug-likeness (QED) is 0.519. The summed E-state index contributed by atoms with van der Waals surface area (Å²) < 4.78 is 81.9. The maximum absolute atomic E-state index is 14.5. The van der Waals surface area contributed by atoms with Crippen LogP contribution in [0.25, 0.3) is 11.3 Å². The van der Waals surface area contributed by atoms with Gasteiger partial charge in [0.05, 0.1) is 35.6 Å². The first-order chi connectivity index (χ1) is 16.8. The molecule has 1 saturated heterocycles. The molecule has 1 fully saturated rings. The number of alkyl halides is 5. The summed E-state index contributed by atoms with van der Waals surface area (Å²) in [5, 5.41) is 6.87. The highest BCUT2D eigenvalue weighted by Gasteiger charge is 2.47. The van der Waals surface area contributed by atoms with Crippen LogP contribution in [0.15, 0.2) is 36.9 Å². The molecule has 36 heavy (non-hydrogen) atoms. The number of aromatic nitrogens is 5. The molecule has 0 bridgehead atoms. The first-order valence-electron chi connectivity index (χ1n) is 10.8. The van der Waals surface area contributed by atoms with Gasteiger partial charge in [0.2, 0.25) is 5.95 Å². The molecular weight excluding hydrogens is 492 g/mol. The number of aryl methyl sites for hydroxylation is 1. The number of halogens is 6. The highest BCUT2D eigenvalue weighted by atomic mass is 19.4. The molecule has 1 aliphatic rings. The van der Waals surface area contributed by atoms with Gasteiger partial charge in [-0.3, -0.25) is 14.5 Å². The molecule has 8 nitrogen and oxygen atoms in total. The Morgan fingerprint density at radius 3 is 2.47 bits per heavy atom. The molecule has 0 aliphatic carbocycles. The lowest BCUT2D eigenvalue weighted by Crippen LogP contribution is -2.57. The van der Waals surface area contributed by atoms with E-state index in [1.165, 1.54) is 24.0 Å². The number of piperidine rings is 1. The second-order valence-corrected chi connectivity index (χ2v) is 8.64. The molecule has 3 aromatic heterocycles. The number of hydrogen-bond donors (Lipinski definition) is 1. The summed E-state index contributed by atoms with van der Waals surface area (Å²) in [4.78, 5) is 25.7. The number of rotatable bonds is 5. The Morgan fingerprint density at radius 1 is 1.17 bits per heavy atom. The summed E-state index contributed by atoms with van der Waals surface area (Å²) in [6, 6.07) is 1.72. The number of likely N-dealkylation sites (tertiary alicyclic amines) is 1. The lowest BCUT2D eigenvalue weighted by molar-refractivity contribution is -0.138. The van der Waals surface area contributed by atoms with Gasteiger partial charge < -0.3 is 10.2 Å². The van der Waals surface area contributed by atoms with Crippen LogP contribution in [0.3, 0.4) is 0 Å². The van der Waals surface area contributed by atoms with Crippen molar-refractivity contribution >= 4 is 11.9 Å². The zero-order valence-electron chi connectivity index (χ0n) is 19.1. The highest BCUT2D eigenvalue weighted by Crippen LogP contribution is 2.36. The summed E-state index contributed by atoms with van der Waals surface area (Å²) >= 11 is 0. The number of pyridine rings is 1. The maximum atomic E-state index is 14.5. The third-order valence-electron chi connectivity index (χ3n) is 5.82. The van der Waals surface area contributed by atoms with Gasteiger partial charge in [-0.15, -0.1) is 0 Å². The molecular formula is C22H21F6N7O. The van der Waals surface area contributed by atoms with Gasteiger partial charge in [-0.2, -0.15) is 18.3 Å². The molecule has 1 N–H and O–H groups in total. The van der Waals surface area contributed by atoms with Crippen molar-refractivity contribution < 1.29 is 31.1 Å². The van der Waals surface area contributed by atoms with E-state index in [4.69, 9.17) is 0 Å². The Kier molecular flexibility index (Phi) is 6.62. The summed E-state index contributed by atoms with van der Waals surface area (Å²) in [7, 11) is 1.54. The van der Waals surface area contributed by atoms with E-state index in [0.29, 0.717) is 12.4 Å². The Morgan fingerprint density at radius 2 is 1.86 bits per heavy atom. The topological polar surface area (TPSA) is 88.8 Å². The van der Waals surface area contributed by atoms with Gasteiger partial charge in [0.15, 0.2) is 5.69 Å². The minimum atomic E-state index is -4.61. The zero-order chi connectivity index (χ0) is 26.3. The third-order valence-corrected chi connectivity index (χ3v) is 5.82. The summed E-state index contributed by atoms with van der Waals surface area (Å²) in [5.41, 5.74) is -0.704. The van der Waals surface area contributed by atoms with E-state index in [1.807, 2.05) is 0 Å². The van der Waals surface area contributed by atoms with E-state index in [2.05, 4.69) is 25.4 Å². The van der Waals surface area contributed by atoms with Crippen molar-refractivity contribution in [2.75, 3.05) is 18.4 Å². The van der Waals surface area contributed by atoms with Gasteiger partial charge in [0, 0.05) is 38.6 Å². The summed E-state index contributed by atoms with van der Waals surface area (Å²) in [6.45, 7) is 0.572. The Labute approximate surface area is 201 Å². The monoisotopic (exact) mass is 513 g/mol. The fourth-order valence-corrected chi connectivity index (χ4v) is 4.15. The van der Waals surface area contributed by atoms with Crippen molar-refractivity contribution in [1.29, 1.82) is 0 Å². The van der Waals surface area contributed by atoms with Crippen molar-refractivity contribution in [2.45, 2.75) is 31.5 Å². The predicted octanol–water partition coefficient (Wildman–Crippen LogP) is 4.03. The van der Waals surface area contributed by atoms with Crippen LogP contribution in [-0.2, 0) is 13.2 Å². The van der Waals surface area contributed by atoms with Gasteiger partial charge in [0.1, 0.15) is 5.82 Å². The number of hydrogen-bond acceptors (Lipinski definition) is 6. The molecule has 2 atom stereocenters. The largest absolute Gasteiger partial charge is 0.419 e. The number of carbonyl (C=O) groups excluding carboxylic acids is 1. The normalized spacial score (nSPS) is 19.8. The van der Waals surface area contributed by atoms with Crippen molar-refractivity contribution in [2.24, 2.45) is 13.0 Å². The molecule has 0 spiro atoms. The fourth-order valence-electron chi connectivity index (χ4n) is 4.15. The molecule has 3 aromatic rings. The van der Waals surface area contributed by atoms with Crippen LogP contribution in [0.4, 0.5) is 32.3 Å². The average Bonchev–Trinajstić information content (AvgIpc) is 3.19. The summed E-state index contributed by atoms with van der Waals surface area (Å²) in [6.07, 6.45) is -1.46. The Balaban J connectivity index is 1.60. The molecule has 4 rings (SSSR count). The van der Waals surface area contributed by atoms with Crippen LogP contribution in [0, 0.1) is 11.7 Å². The van der Waals surface area contributed by atoms with Crippen LogP contribution >= 0.6 is 0 Å². The fraction of sp³-hybridized carbons (Fsp3) is 0.409. The first kappa shape index (κ1) is 25.4. The smallest absolute Gasteiger partial charge is 0.352 e. The van der Waals surface area contributed by atoms with E-state index in [-0.39, 0.29) is 29.4 Å². The molecule has 0 radical (unpaired) electrons. The van der Waals surface area contributed by atoms with Crippen molar-refractivity contribution in [1.82, 2.24) is 29.6 Å². The molecule has 1 aliphatic heterocycles. The highest BCUT2D eigenvalue weighted by molar-refractivity contribution is 5.98. The maximum Gasteiger partial charge on any atom is 0.419 e. The van der Waals surface area contributed by atoms with Crippen molar-refractivity contribution in [3.63, 3.8) is 0 Å². The van der Waals surface area contributed by atoms with E-state index >= 15 is 0 Å². The number of carbonyl (C=O) groups is 1. The van der Waals surface area contributed by atoms with Crippen molar-refractivity contribution in [3.8, 4) is 11.3 Å². The predicted molar refractivity (Wildman–Crippen MR) is 115 cm³/mol. The van der Waals surface area contributed by atoms with Crippen LogP contribution in [0.2, 0.25) is 0 Å².